The Bertz CT molecular complexity index is 582. The summed E-state index contributed by atoms with van der Waals surface area (Å²) in [5.74, 6) is 0.455. The Balaban J connectivity index is 2.07. The Morgan fingerprint density at radius 3 is 3.17 bits per heavy atom. The number of rotatable bonds is 2. The topological polar surface area (TPSA) is 85.7 Å². The fourth-order valence-corrected chi connectivity index (χ4v) is 2.59. The summed E-state index contributed by atoms with van der Waals surface area (Å²) in [6.45, 7) is 2.07. The first-order valence-electron chi connectivity index (χ1n) is 6.01. The van der Waals surface area contributed by atoms with Crippen LogP contribution in [-0.4, -0.2) is 32.4 Å². The first-order valence-corrected chi connectivity index (χ1v) is 6.01. The number of fused-ring (bicyclic) bond motifs is 1. The maximum atomic E-state index is 9.18. The Hall–Kier alpha value is -1.66. The third-order valence-electron chi connectivity index (χ3n) is 3.60. The van der Waals surface area contributed by atoms with Crippen molar-refractivity contribution in [2.24, 2.45) is 0 Å². The van der Waals surface area contributed by atoms with E-state index in [1.807, 2.05) is 19.1 Å². The SMILES string of the molecule is CC1(c2ccc3c(N)ncnn23)CCC(CO)O1. The molecule has 2 aromatic rings. The van der Waals surface area contributed by atoms with Crippen LogP contribution in [0.15, 0.2) is 18.5 Å². The molecular weight excluding hydrogens is 232 g/mol. The molecule has 0 bridgehead atoms. The molecule has 2 aromatic heterocycles. The van der Waals surface area contributed by atoms with E-state index in [1.54, 1.807) is 4.52 Å². The number of nitrogens with two attached hydrogens (primary N) is 1. The molecule has 0 spiro atoms. The second-order valence-corrected chi connectivity index (χ2v) is 4.85. The molecule has 0 aliphatic carbocycles. The molecular formula is C12H16N4O2. The second-order valence-electron chi connectivity index (χ2n) is 4.85. The van der Waals surface area contributed by atoms with Crippen molar-refractivity contribution >= 4 is 11.3 Å². The van der Waals surface area contributed by atoms with Crippen LogP contribution in [0.25, 0.3) is 5.52 Å². The molecule has 1 fully saturated rings. The fraction of sp³-hybridized carbons (Fsp3) is 0.500. The van der Waals surface area contributed by atoms with Crippen LogP contribution in [0, 0.1) is 0 Å². The van der Waals surface area contributed by atoms with Crippen molar-refractivity contribution in [2.45, 2.75) is 31.5 Å². The molecule has 0 aromatic carbocycles. The minimum atomic E-state index is -0.430. The Labute approximate surface area is 104 Å². The zero-order valence-corrected chi connectivity index (χ0v) is 10.2. The van der Waals surface area contributed by atoms with Crippen molar-refractivity contribution in [3.63, 3.8) is 0 Å². The molecule has 1 aliphatic rings. The Kier molecular flexibility index (Phi) is 2.49. The number of hydrogen-bond donors (Lipinski definition) is 2. The third-order valence-corrected chi connectivity index (χ3v) is 3.60. The van der Waals surface area contributed by atoms with Gasteiger partial charge in [-0.25, -0.2) is 9.50 Å². The van der Waals surface area contributed by atoms with Crippen molar-refractivity contribution in [3.8, 4) is 0 Å². The van der Waals surface area contributed by atoms with Gasteiger partial charge in [-0.3, -0.25) is 0 Å². The molecule has 0 amide bonds. The molecule has 2 unspecified atom stereocenters. The normalized spacial score (nSPS) is 28.0. The van der Waals surface area contributed by atoms with Crippen LogP contribution < -0.4 is 5.73 Å². The van der Waals surface area contributed by atoms with Gasteiger partial charge in [0.25, 0.3) is 0 Å². The van der Waals surface area contributed by atoms with Crippen molar-refractivity contribution in [1.82, 2.24) is 14.6 Å². The predicted octanol–water partition coefficient (Wildman–Crippen LogP) is 0.698. The van der Waals surface area contributed by atoms with Gasteiger partial charge in [0.15, 0.2) is 5.82 Å². The molecule has 6 nitrogen and oxygen atoms in total. The van der Waals surface area contributed by atoms with E-state index >= 15 is 0 Å². The van der Waals surface area contributed by atoms with Gasteiger partial charge < -0.3 is 15.6 Å². The van der Waals surface area contributed by atoms with Crippen LogP contribution in [-0.2, 0) is 10.3 Å². The minimum absolute atomic E-state index is 0.0516. The van der Waals surface area contributed by atoms with Crippen LogP contribution >= 0.6 is 0 Å². The van der Waals surface area contributed by atoms with Crippen LogP contribution in [0.3, 0.4) is 0 Å². The first kappa shape index (κ1) is 11.4. The Morgan fingerprint density at radius 1 is 1.61 bits per heavy atom. The Morgan fingerprint density at radius 2 is 2.44 bits per heavy atom. The summed E-state index contributed by atoms with van der Waals surface area (Å²) in [5.41, 5.74) is 7.11. The van der Waals surface area contributed by atoms with Crippen LogP contribution in [0.1, 0.15) is 25.5 Å². The highest BCUT2D eigenvalue weighted by Crippen LogP contribution is 2.39. The zero-order chi connectivity index (χ0) is 12.8. The fourth-order valence-electron chi connectivity index (χ4n) is 2.59. The number of aliphatic hydroxyl groups is 1. The maximum absolute atomic E-state index is 9.18. The summed E-state index contributed by atoms with van der Waals surface area (Å²) in [6, 6.07) is 3.85. The maximum Gasteiger partial charge on any atom is 0.151 e. The largest absolute Gasteiger partial charge is 0.394 e. The quantitative estimate of drug-likeness (QED) is 0.817. The van der Waals surface area contributed by atoms with E-state index in [1.165, 1.54) is 6.33 Å². The molecule has 18 heavy (non-hydrogen) atoms. The second kappa shape index (κ2) is 3.93. The molecule has 1 saturated heterocycles. The zero-order valence-electron chi connectivity index (χ0n) is 10.2. The molecule has 3 N–H and O–H groups in total. The minimum Gasteiger partial charge on any atom is -0.394 e. The lowest BCUT2D eigenvalue weighted by atomic mass is 9.98. The number of nitrogens with zero attached hydrogens (tertiary/aromatic N) is 3. The molecule has 0 saturated carbocycles. The summed E-state index contributed by atoms with van der Waals surface area (Å²) in [7, 11) is 0. The molecule has 0 radical (unpaired) electrons. The van der Waals surface area contributed by atoms with Crippen LogP contribution in [0.4, 0.5) is 5.82 Å². The van der Waals surface area contributed by atoms with E-state index in [2.05, 4.69) is 10.1 Å². The van der Waals surface area contributed by atoms with Gasteiger partial charge in [0, 0.05) is 0 Å². The van der Waals surface area contributed by atoms with Crippen LogP contribution in [0.5, 0.6) is 0 Å². The van der Waals surface area contributed by atoms with Gasteiger partial charge in [0.2, 0.25) is 0 Å². The lowest BCUT2D eigenvalue weighted by molar-refractivity contribution is -0.0551. The third kappa shape index (κ3) is 1.57. The standard InChI is InChI=1S/C12H16N4O2/c1-12(5-4-8(6-17)18-12)10-3-2-9-11(13)14-7-15-16(9)10/h2-3,7-8,17H,4-6H2,1H3,(H2,13,14,15). The number of ether oxygens (including phenoxy) is 1. The lowest BCUT2D eigenvalue weighted by Crippen LogP contribution is -2.26. The number of aliphatic hydroxyl groups excluding tert-OH is 1. The van der Waals surface area contributed by atoms with Gasteiger partial charge in [-0.15, -0.1) is 0 Å². The smallest absolute Gasteiger partial charge is 0.151 e. The average Bonchev–Trinajstić information content (AvgIpc) is 2.94. The molecule has 2 atom stereocenters. The van der Waals surface area contributed by atoms with E-state index in [9.17, 15) is 5.11 Å². The van der Waals surface area contributed by atoms with E-state index in [0.717, 1.165) is 24.1 Å². The first-order chi connectivity index (χ1) is 8.64. The van der Waals surface area contributed by atoms with Crippen LogP contribution in [0.2, 0.25) is 0 Å². The number of aromatic nitrogens is 3. The van der Waals surface area contributed by atoms with Gasteiger partial charge in [-0.05, 0) is 31.9 Å². The van der Waals surface area contributed by atoms with E-state index in [0.29, 0.717) is 5.82 Å². The van der Waals surface area contributed by atoms with Gasteiger partial charge in [-0.1, -0.05) is 0 Å². The van der Waals surface area contributed by atoms with Gasteiger partial charge in [-0.2, -0.15) is 5.10 Å². The summed E-state index contributed by atoms with van der Waals surface area (Å²) in [5, 5.41) is 13.4. The van der Waals surface area contributed by atoms with Crippen molar-refractivity contribution in [3.05, 3.63) is 24.2 Å². The monoisotopic (exact) mass is 248 g/mol. The summed E-state index contributed by atoms with van der Waals surface area (Å²) in [4.78, 5) is 3.97. The van der Waals surface area contributed by atoms with E-state index < -0.39 is 5.60 Å². The summed E-state index contributed by atoms with van der Waals surface area (Å²) >= 11 is 0. The number of hydrogen-bond acceptors (Lipinski definition) is 5. The molecule has 3 heterocycles. The van der Waals surface area contributed by atoms with Gasteiger partial charge in [0.05, 0.1) is 18.4 Å². The molecule has 3 rings (SSSR count). The molecule has 1 aliphatic heterocycles. The molecule has 96 valence electrons. The van der Waals surface area contributed by atoms with Gasteiger partial charge >= 0.3 is 0 Å². The average molecular weight is 248 g/mol. The highest BCUT2D eigenvalue weighted by atomic mass is 16.5. The highest BCUT2D eigenvalue weighted by Gasteiger charge is 2.39. The summed E-state index contributed by atoms with van der Waals surface area (Å²) < 4.78 is 7.68. The van der Waals surface area contributed by atoms with E-state index in [4.69, 9.17) is 10.5 Å². The number of nitrogen functional groups attached to an aromatic ring is 1. The van der Waals surface area contributed by atoms with E-state index in [-0.39, 0.29) is 12.7 Å². The highest BCUT2D eigenvalue weighted by molar-refractivity contribution is 5.65. The van der Waals surface area contributed by atoms with Crippen molar-refractivity contribution in [2.75, 3.05) is 12.3 Å². The van der Waals surface area contributed by atoms with Crippen molar-refractivity contribution < 1.29 is 9.84 Å². The van der Waals surface area contributed by atoms with Gasteiger partial charge in [0.1, 0.15) is 17.4 Å². The van der Waals surface area contributed by atoms with Crippen molar-refractivity contribution in [1.29, 1.82) is 0 Å². The predicted molar refractivity (Wildman–Crippen MR) is 65.9 cm³/mol. The summed E-state index contributed by atoms with van der Waals surface area (Å²) in [6.07, 6.45) is 3.04. The number of anilines is 1. The lowest BCUT2D eigenvalue weighted by Gasteiger charge is -2.24. The molecule has 6 heteroatoms.